The van der Waals surface area contributed by atoms with Gasteiger partial charge in [0.2, 0.25) is 0 Å². The van der Waals surface area contributed by atoms with E-state index in [-0.39, 0.29) is 18.2 Å². The molecule has 3 rings (SSSR count). The highest BCUT2D eigenvalue weighted by Crippen LogP contribution is 2.41. The number of hydrogen-bond donors (Lipinski definition) is 1. The van der Waals surface area contributed by atoms with Gasteiger partial charge in [-0.3, -0.25) is 0 Å². The van der Waals surface area contributed by atoms with Crippen molar-refractivity contribution in [2.24, 2.45) is 0 Å². The van der Waals surface area contributed by atoms with Crippen LogP contribution in [0.3, 0.4) is 0 Å². The summed E-state index contributed by atoms with van der Waals surface area (Å²) in [6.07, 6.45) is 8.02. The number of fused-ring (bicyclic) bond motifs is 2. The molecule has 2 aliphatic heterocycles. The highest BCUT2D eigenvalue weighted by atomic mass is 16.6. The van der Waals surface area contributed by atoms with Gasteiger partial charge in [-0.25, -0.2) is 4.79 Å². The molecule has 2 heterocycles. The number of ether oxygens (including phenoxy) is 1. The third-order valence-corrected chi connectivity index (χ3v) is 5.67. The van der Waals surface area contributed by atoms with E-state index in [1.54, 1.807) is 0 Å². The molecule has 0 radical (unpaired) electrons. The van der Waals surface area contributed by atoms with Crippen LogP contribution in [0.15, 0.2) is 42.0 Å². The molecule has 4 nitrogen and oxygen atoms in total. The normalized spacial score (nSPS) is 27.7. The second-order valence-electron chi connectivity index (χ2n) is 8.14. The summed E-state index contributed by atoms with van der Waals surface area (Å²) >= 11 is 0. The molecule has 142 valence electrons. The zero-order valence-corrected chi connectivity index (χ0v) is 16.0. The number of amides is 1. The zero-order chi connectivity index (χ0) is 18.6. The predicted molar refractivity (Wildman–Crippen MR) is 103 cm³/mol. The van der Waals surface area contributed by atoms with E-state index in [4.69, 9.17) is 4.74 Å². The molecule has 2 saturated heterocycles. The topological polar surface area (TPSA) is 49.8 Å². The Morgan fingerprint density at radius 2 is 1.88 bits per heavy atom. The molecule has 2 bridgehead atoms. The first kappa shape index (κ1) is 19.0. The average Bonchev–Trinajstić information content (AvgIpc) is 2.59. The Kier molecular flexibility index (Phi) is 6.02. The molecule has 0 aromatic heterocycles. The van der Waals surface area contributed by atoms with E-state index in [1.165, 1.54) is 5.57 Å². The highest BCUT2D eigenvalue weighted by Gasteiger charge is 2.47. The van der Waals surface area contributed by atoms with Gasteiger partial charge in [-0.1, -0.05) is 42.0 Å². The standard InChI is InChI=1S/C22H31NO3/c1-17(2)8-7-13-22(25)14-19-11-6-12-20(15-22)23(19)21(24)26-16-18-9-4-3-5-10-18/h3-5,8-10,19-20,25H,6-7,11-16H2,1-2H3. The Morgan fingerprint density at radius 1 is 1.23 bits per heavy atom. The number of nitrogens with zero attached hydrogens (tertiary/aromatic N) is 1. The minimum atomic E-state index is -0.655. The van der Waals surface area contributed by atoms with E-state index >= 15 is 0 Å². The first-order valence-electron chi connectivity index (χ1n) is 9.82. The lowest BCUT2D eigenvalue weighted by Crippen LogP contribution is -2.59. The van der Waals surface area contributed by atoms with Crippen LogP contribution in [-0.2, 0) is 11.3 Å². The molecule has 2 unspecified atom stereocenters. The summed E-state index contributed by atoms with van der Waals surface area (Å²) in [5.74, 6) is 0. The van der Waals surface area contributed by atoms with Crippen molar-refractivity contribution in [1.29, 1.82) is 0 Å². The fourth-order valence-electron chi connectivity index (χ4n) is 4.45. The van der Waals surface area contributed by atoms with Gasteiger partial charge in [0.1, 0.15) is 6.61 Å². The molecule has 0 saturated carbocycles. The molecule has 26 heavy (non-hydrogen) atoms. The smallest absolute Gasteiger partial charge is 0.410 e. The lowest BCUT2D eigenvalue weighted by molar-refractivity contribution is -0.0884. The highest BCUT2D eigenvalue weighted by molar-refractivity contribution is 5.69. The van der Waals surface area contributed by atoms with Gasteiger partial charge < -0.3 is 14.7 Å². The number of hydrogen-bond acceptors (Lipinski definition) is 3. The van der Waals surface area contributed by atoms with E-state index in [1.807, 2.05) is 35.2 Å². The molecule has 1 aromatic rings. The molecule has 0 spiro atoms. The minimum Gasteiger partial charge on any atom is -0.445 e. The molecular weight excluding hydrogens is 326 g/mol. The van der Waals surface area contributed by atoms with Gasteiger partial charge in [-0.05, 0) is 64.4 Å². The van der Waals surface area contributed by atoms with Crippen LogP contribution in [0.1, 0.15) is 64.4 Å². The van der Waals surface area contributed by atoms with Gasteiger partial charge in [0.15, 0.2) is 0 Å². The van der Waals surface area contributed by atoms with Gasteiger partial charge in [-0.2, -0.15) is 0 Å². The summed E-state index contributed by atoms with van der Waals surface area (Å²) in [6.45, 7) is 4.48. The van der Waals surface area contributed by atoms with E-state index in [9.17, 15) is 9.90 Å². The number of rotatable bonds is 5. The van der Waals surface area contributed by atoms with Gasteiger partial charge in [-0.15, -0.1) is 0 Å². The number of allylic oxidation sites excluding steroid dienone is 2. The Bertz CT molecular complexity index is 622. The Balaban J connectivity index is 1.61. The van der Waals surface area contributed by atoms with Crippen LogP contribution in [0.2, 0.25) is 0 Å². The molecule has 4 heteroatoms. The molecule has 1 N–H and O–H groups in total. The summed E-state index contributed by atoms with van der Waals surface area (Å²) in [6, 6.07) is 9.98. The molecule has 1 amide bonds. The van der Waals surface area contributed by atoms with Crippen LogP contribution in [-0.4, -0.2) is 33.8 Å². The molecule has 2 atom stereocenters. The van der Waals surface area contributed by atoms with E-state index in [2.05, 4.69) is 19.9 Å². The van der Waals surface area contributed by atoms with Crippen LogP contribution in [0.4, 0.5) is 4.79 Å². The molecule has 0 aliphatic carbocycles. The van der Waals surface area contributed by atoms with Crippen molar-refractivity contribution in [3.05, 3.63) is 47.5 Å². The van der Waals surface area contributed by atoms with E-state index in [0.717, 1.165) is 37.7 Å². The fourth-order valence-corrected chi connectivity index (χ4v) is 4.45. The SMILES string of the molecule is CC(C)=CCCC1(O)CC2CCCC(C1)N2C(=O)OCc1ccccc1. The van der Waals surface area contributed by atoms with Crippen molar-refractivity contribution in [3.8, 4) is 0 Å². The molecular formula is C22H31NO3. The van der Waals surface area contributed by atoms with Crippen molar-refractivity contribution in [2.45, 2.75) is 83.1 Å². The zero-order valence-electron chi connectivity index (χ0n) is 16.0. The molecule has 2 aliphatic rings. The summed E-state index contributed by atoms with van der Waals surface area (Å²) in [5, 5.41) is 11.1. The maximum Gasteiger partial charge on any atom is 0.410 e. The average molecular weight is 357 g/mol. The third kappa shape index (κ3) is 4.67. The van der Waals surface area contributed by atoms with Crippen molar-refractivity contribution in [3.63, 3.8) is 0 Å². The van der Waals surface area contributed by atoms with Gasteiger partial charge in [0, 0.05) is 12.1 Å². The van der Waals surface area contributed by atoms with Crippen LogP contribution < -0.4 is 0 Å². The maximum absolute atomic E-state index is 12.7. The first-order chi connectivity index (χ1) is 12.5. The number of carbonyl (C=O) groups is 1. The number of carbonyl (C=O) groups excluding carboxylic acids is 1. The van der Waals surface area contributed by atoms with Crippen LogP contribution in [0, 0.1) is 0 Å². The Morgan fingerprint density at radius 3 is 2.50 bits per heavy atom. The monoisotopic (exact) mass is 357 g/mol. The lowest BCUT2D eigenvalue weighted by Gasteiger charge is -2.51. The van der Waals surface area contributed by atoms with Crippen molar-refractivity contribution < 1.29 is 14.6 Å². The maximum atomic E-state index is 12.7. The van der Waals surface area contributed by atoms with Gasteiger partial charge in [0.05, 0.1) is 5.60 Å². The van der Waals surface area contributed by atoms with E-state index < -0.39 is 5.60 Å². The van der Waals surface area contributed by atoms with Crippen molar-refractivity contribution in [2.75, 3.05) is 0 Å². The van der Waals surface area contributed by atoms with Gasteiger partial charge >= 0.3 is 6.09 Å². The second kappa shape index (κ2) is 8.26. The summed E-state index contributed by atoms with van der Waals surface area (Å²) in [4.78, 5) is 14.6. The molecule has 2 fully saturated rings. The van der Waals surface area contributed by atoms with Crippen molar-refractivity contribution in [1.82, 2.24) is 4.90 Å². The Labute approximate surface area is 156 Å². The number of benzene rings is 1. The second-order valence-corrected chi connectivity index (χ2v) is 8.14. The summed E-state index contributed by atoms with van der Waals surface area (Å²) in [5.41, 5.74) is 1.63. The fraction of sp³-hybridized carbons (Fsp3) is 0.591. The van der Waals surface area contributed by atoms with Crippen molar-refractivity contribution >= 4 is 6.09 Å². The largest absolute Gasteiger partial charge is 0.445 e. The predicted octanol–water partition coefficient (Wildman–Crippen LogP) is 4.82. The number of piperidine rings is 2. The van der Waals surface area contributed by atoms with Gasteiger partial charge in [0.25, 0.3) is 0 Å². The minimum absolute atomic E-state index is 0.0995. The summed E-state index contributed by atoms with van der Waals surface area (Å²) in [7, 11) is 0. The van der Waals surface area contributed by atoms with E-state index in [0.29, 0.717) is 19.4 Å². The Hall–Kier alpha value is -1.81. The quantitative estimate of drug-likeness (QED) is 0.769. The van der Waals surface area contributed by atoms with Crippen LogP contribution in [0.25, 0.3) is 0 Å². The number of aliphatic hydroxyl groups is 1. The lowest BCUT2D eigenvalue weighted by atomic mass is 9.74. The van der Waals surface area contributed by atoms with Crippen LogP contribution >= 0.6 is 0 Å². The van der Waals surface area contributed by atoms with Crippen LogP contribution in [0.5, 0.6) is 0 Å². The first-order valence-corrected chi connectivity index (χ1v) is 9.82. The summed E-state index contributed by atoms with van der Waals surface area (Å²) < 4.78 is 5.58. The molecule has 1 aromatic carbocycles. The third-order valence-electron chi connectivity index (χ3n) is 5.67.